The van der Waals surface area contributed by atoms with E-state index in [1.165, 1.54) is 6.26 Å². The second kappa shape index (κ2) is 5.64. The molecule has 22 heavy (non-hydrogen) atoms. The van der Waals surface area contributed by atoms with Gasteiger partial charge in [-0.05, 0) is 31.4 Å². The van der Waals surface area contributed by atoms with Gasteiger partial charge >= 0.3 is 0 Å². The number of oxazole rings is 1. The minimum absolute atomic E-state index is 0.103. The van der Waals surface area contributed by atoms with Gasteiger partial charge in [0.05, 0.1) is 18.2 Å². The molecule has 1 saturated carbocycles. The first kappa shape index (κ1) is 14.3. The van der Waals surface area contributed by atoms with Crippen LogP contribution in [0.2, 0.25) is 0 Å². The number of amides is 1. The first-order chi connectivity index (χ1) is 10.6. The van der Waals surface area contributed by atoms with E-state index in [0.29, 0.717) is 11.6 Å². The van der Waals surface area contributed by atoms with Crippen LogP contribution in [-0.4, -0.2) is 28.4 Å². The van der Waals surface area contributed by atoms with Gasteiger partial charge < -0.3 is 9.32 Å². The van der Waals surface area contributed by atoms with Gasteiger partial charge in [-0.2, -0.15) is 5.26 Å². The topological polar surface area (TPSA) is 70.1 Å². The first-order valence-corrected chi connectivity index (χ1v) is 7.32. The van der Waals surface area contributed by atoms with E-state index in [2.05, 4.69) is 11.1 Å². The summed E-state index contributed by atoms with van der Waals surface area (Å²) in [5.41, 5.74) is 0.841. The van der Waals surface area contributed by atoms with Gasteiger partial charge in [-0.3, -0.25) is 4.79 Å². The Labute approximate surface area is 129 Å². The van der Waals surface area contributed by atoms with Crippen molar-refractivity contribution in [1.82, 2.24) is 9.88 Å². The fourth-order valence-electron chi connectivity index (χ4n) is 2.65. The third kappa shape index (κ3) is 2.48. The van der Waals surface area contributed by atoms with Gasteiger partial charge in [0.15, 0.2) is 0 Å². The second-order valence-corrected chi connectivity index (χ2v) is 5.64. The van der Waals surface area contributed by atoms with E-state index in [1.54, 1.807) is 11.9 Å². The third-order valence-electron chi connectivity index (χ3n) is 4.31. The van der Waals surface area contributed by atoms with Crippen LogP contribution >= 0.6 is 0 Å². The van der Waals surface area contributed by atoms with E-state index in [0.717, 1.165) is 24.8 Å². The molecular formula is C17H17N3O2. The Morgan fingerprint density at radius 1 is 1.41 bits per heavy atom. The van der Waals surface area contributed by atoms with E-state index in [1.807, 2.05) is 30.3 Å². The summed E-state index contributed by atoms with van der Waals surface area (Å²) in [6, 6.07) is 11.8. The molecule has 1 heterocycles. The average molecular weight is 295 g/mol. The smallest absolute Gasteiger partial charge is 0.229 e. The van der Waals surface area contributed by atoms with Crippen molar-refractivity contribution in [2.75, 3.05) is 7.05 Å². The van der Waals surface area contributed by atoms with Crippen molar-refractivity contribution < 1.29 is 9.21 Å². The highest BCUT2D eigenvalue weighted by atomic mass is 16.3. The SMILES string of the molecule is CN(C(=O)Cc1coc(-c2ccccc2)n1)C1(C#N)CCC1. The van der Waals surface area contributed by atoms with E-state index in [9.17, 15) is 10.1 Å². The molecule has 1 aliphatic carbocycles. The predicted molar refractivity (Wildman–Crippen MR) is 80.6 cm³/mol. The van der Waals surface area contributed by atoms with Gasteiger partial charge in [0.25, 0.3) is 0 Å². The van der Waals surface area contributed by atoms with Crippen molar-refractivity contribution in [1.29, 1.82) is 5.26 Å². The predicted octanol–water partition coefficient (Wildman–Crippen LogP) is 2.79. The number of hydrogen-bond donors (Lipinski definition) is 0. The van der Waals surface area contributed by atoms with Crippen molar-refractivity contribution in [2.24, 2.45) is 0 Å². The largest absolute Gasteiger partial charge is 0.444 e. The molecule has 0 bridgehead atoms. The van der Waals surface area contributed by atoms with E-state index >= 15 is 0 Å². The molecule has 0 spiro atoms. The Hall–Kier alpha value is -2.61. The third-order valence-corrected chi connectivity index (χ3v) is 4.31. The molecule has 0 saturated heterocycles. The number of carbonyl (C=O) groups excluding carboxylic acids is 1. The zero-order valence-corrected chi connectivity index (χ0v) is 12.5. The zero-order chi connectivity index (χ0) is 15.6. The van der Waals surface area contributed by atoms with E-state index in [-0.39, 0.29) is 12.3 Å². The summed E-state index contributed by atoms with van der Waals surface area (Å²) in [5, 5.41) is 9.30. The number of likely N-dealkylation sites (N-methyl/N-ethyl adjacent to an activating group) is 1. The first-order valence-electron chi connectivity index (χ1n) is 7.32. The van der Waals surface area contributed by atoms with Gasteiger partial charge in [0.1, 0.15) is 11.8 Å². The Balaban J connectivity index is 1.70. The summed E-state index contributed by atoms with van der Waals surface area (Å²) < 4.78 is 5.44. The van der Waals surface area contributed by atoms with Gasteiger partial charge in [-0.1, -0.05) is 18.2 Å². The standard InChI is InChI=1S/C17H17N3O2/c1-20(17(12-18)8-5-9-17)15(21)10-14-11-22-16(19-14)13-6-3-2-4-7-13/h2-4,6-7,11H,5,8-10H2,1H3. The summed E-state index contributed by atoms with van der Waals surface area (Å²) in [4.78, 5) is 18.3. The molecule has 5 heteroatoms. The molecule has 2 aromatic rings. The maximum Gasteiger partial charge on any atom is 0.229 e. The fourth-order valence-corrected chi connectivity index (χ4v) is 2.65. The van der Waals surface area contributed by atoms with Crippen molar-refractivity contribution in [3.63, 3.8) is 0 Å². The fraction of sp³-hybridized carbons (Fsp3) is 0.353. The Morgan fingerprint density at radius 2 is 2.14 bits per heavy atom. The maximum atomic E-state index is 12.3. The van der Waals surface area contributed by atoms with Crippen LogP contribution in [0.25, 0.3) is 11.5 Å². The number of hydrogen-bond acceptors (Lipinski definition) is 4. The second-order valence-electron chi connectivity index (χ2n) is 5.64. The summed E-state index contributed by atoms with van der Waals surface area (Å²) in [6.07, 6.45) is 4.15. The summed E-state index contributed by atoms with van der Waals surface area (Å²) in [6.45, 7) is 0. The molecule has 112 valence electrons. The lowest BCUT2D eigenvalue weighted by molar-refractivity contribution is -0.135. The van der Waals surface area contributed by atoms with E-state index < -0.39 is 5.54 Å². The zero-order valence-electron chi connectivity index (χ0n) is 12.5. The highest BCUT2D eigenvalue weighted by molar-refractivity contribution is 5.79. The molecule has 1 aromatic carbocycles. The molecular weight excluding hydrogens is 278 g/mol. The van der Waals surface area contributed by atoms with Crippen LogP contribution in [0.3, 0.4) is 0 Å². The Kier molecular flexibility index (Phi) is 3.68. The molecule has 0 radical (unpaired) electrons. The highest BCUT2D eigenvalue weighted by Crippen LogP contribution is 2.36. The van der Waals surface area contributed by atoms with Crippen molar-refractivity contribution in [3.8, 4) is 17.5 Å². The van der Waals surface area contributed by atoms with Crippen LogP contribution in [0.1, 0.15) is 25.0 Å². The van der Waals surface area contributed by atoms with Crippen LogP contribution in [0.15, 0.2) is 41.0 Å². The minimum atomic E-state index is -0.622. The van der Waals surface area contributed by atoms with Gasteiger partial charge in [-0.25, -0.2) is 4.98 Å². The highest BCUT2D eigenvalue weighted by Gasteiger charge is 2.43. The van der Waals surface area contributed by atoms with Gasteiger partial charge in [0, 0.05) is 12.6 Å². The molecule has 0 unspecified atom stereocenters. The van der Waals surface area contributed by atoms with Crippen molar-refractivity contribution in [2.45, 2.75) is 31.2 Å². The van der Waals surface area contributed by atoms with Crippen LogP contribution in [0.4, 0.5) is 0 Å². The molecule has 1 aromatic heterocycles. The molecule has 0 aliphatic heterocycles. The lowest BCUT2D eigenvalue weighted by Crippen LogP contribution is -2.53. The number of nitrogens with zero attached hydrogens (tertiary/aromatic N) is 3. The normalized spacial score (nSPS) is 15.6. The lowest BCUT2D eigenvalue weighted by Gasteiger charge is -2.42. The molecule has 0 atom stereocenters. The molecule has 3 rings (SSSR count). The van der Waals surface area contributed by atoms with E-state index in [4.69, 9.17) is 4.42 Å². The number of rotatable bonds is 4. The van der Waals surface area contributed by atoms with Crippen LogP contribution in [0, 0.1) is 11.3 Å². The monoisotopic (exact) mass is 295 g/mol. The molecule has 1 aliphatic rings. The molecule has 1 amide bonds. The lowest BCUT2D eigenvalue weighted by atomic mass is 9.76. The average Bonchev–Trinajstić information content (AvgIpc) is 2.96. The summed E-state index contributed by atoms with van der Waals surface area (Å²) in [7, 11) is 1.70. The van der Waals surface area contributed by atoms with Crippen LogP contribution < -0.4 is 0 Å². The number of carbonyl (C=O) groups is 1. The minimum Gasteiger partial charge on any atom is -0.444 e. The molecule has 1 fully saturated rings. The number of benzene rings is 1. The van der Waals surface area contributed by atoms with Crippen LogP contribution in [-0.2, 0) is 11.2 Å². The van der Waals surface area contributed by atoms with Gasteiger partial charge in [-0.15, -0.1) is 0 Å². The Bertz CT molecular complexity index is 711. The van der Waals surface area contributed by atoms with Crippen molar-refractivity contribution in [3.05, 3.63) is 42.3 Å². The number of aromatic nitrogens is 1. The summed E-state index contributed by atoms with van der Waals surface area (Å²) >= 11 is 0. The van der Waals surface area contributed by atoms with Gasteiger partial charge in [0.2, 0.25) is 11.8 Å². The van der Waals surface area contributed by atoms with Crippen molar-refractivity contribution >= 4 is 5.91 Å². The quantitative estimate of drug-likeness (QED) is 0.869. The van der Waals surface area contributed by atoms with Crippen LogP contribution in [0.5, 0.6) is 0 Å². The molecule has 5 nitrogen and oxygen atoms in total. The Morgan fingerprint density at radius 3 is 2.73 bits per heavy atom. The number of nitriles is 1. The molecule has 0 N–H and O–H groups in total. The maximum absolute atomic E-state index is 12.3. The summed E-state index contributed by atoms with van der Waals surface area (Å²) in [5.74, 6) is 0.402.